The SMILES string of the molecule is CCN(CC(=O)NCc1ccc(Cl)cc1)c1cccc(C)c1. The van der Waals surface area contributed by atoms with Crippen molar-refractivity contribution in [2.24, 2.45) is 0 Å². The average Bonchev–Trinajstić information content (AvgIpc) is 2.52. The zero-order valence-electron chi connectivity index (χ0n) is 13.0. The molecule has 2 aromatic rings. The van der Waals surface area contributed by atoms with E-state index >= 15 is 0 Å². The number of nitrogens with zero attached hydrogens (tertiary/aromatic N) is 1. The molecule has 0 radical (unpaired) electrons. The predicted molar refractivity (Wildman–Crippen MR) is 92.4 cm³/mol. The molecule has 2 aromatic carbocycles. The summed E-state index contributed by atoms with van der Waals surface area (Å²) in [5.41, 5.74) is 3.30. The first-order valence-electron chi connectivity index (χ1n) is 7.41. The van der Waals surface area contributed by atoms with Crippen molar-refractivity contribution >= 4 is 23.2 Å². The third-order valence-electron chi connectivity index (χ3n) is 3.49. The van der Waals surface area contributed by atoms with E-state index in [2.05, 4.69) is 36.2 Å². The minimum Gasteiger partial charge on any atom is -0.362 e. The van der Waals surface area contributed by atoms with E-state index < -0.39 is 0 Å². The van der Waals surface area contributed by atoms with E-state index in [4.69, 9.17) is 11.6 Å². The first-order valence-corrected chi connectivity index (χ1v) is 7.79. The second-order valence-electron chi connectivity index (χ2n) is 5.26. The molecule has 22 heavy (non-hydrogen) atoms. The average molecular weight is 317 g/mol. The van der Waals surface area contributed by atoms with Crippen molar-refractivity contribution in [1.82, 2.24) is 5.32 Å². The molecule has 0 heterocycles. The number of benzene rings is 2. The summed E-state index contributed by atoms with van der Waals surface area (Å²) in [4.78, 5) is 14.2. The normalized spacial score (nSPS) is 10.3. The summed E-state index contributed by atoms with van der Waals surface area (Å²) in [6, 6.07) is 15.7. The molecule has 1 amide bonds. The highest BCUT2D eigenvalue weighted by Crippen LogP contribution is 2.15. The number of hydrogen-bond acceptors (Lipinski definition) is 2. The molecule has 0 spiro atoms. The van der Waals surface area contributed by atoms with E-state index in [0.29, 0.717) is 18.1 Å². The lowest BCUT2D eigenvalue weighted by Gasteiger charge is -2.23. The summed E-state index contributed by atoms with van der Waals surface area (Å²) in [6.07, 6.45) is 0. The van der Waals surface area contributed by atoms with Gasteiger partial charge in [-0.15, -0.1) is 0 Å². The molecule has 0 aliphatic carbocycles. The topological polar surface area (TPSA) is 32.3 Å². The van der Waals surface area contributed by atoms with Crippen LogP contribution in [0.4, 0.5) is 5.69 Å². The van der Waals surface area contributed by atoms with Crippen molar-refractivity contribution in [1.29, 1.82) is 0 Å². The molecule has 1 N–H and O–H groups in total. The highest BCUT2D eigenvalue weighted by atomic mass is 35.5. The molecule has 0 aliphatic rings. The Bertz CT molecular complexity index is 625. The van der Waals surface area contributed by atoms with Crippen molar-refractivity contribution in [3.63, 3.8) is 0 Å². The Hall–Kier alpha value is -2.00. The molecule has 2 rings (SSSR count). The van der Waals surface area contributed by atoms with Crippen LogP contribution >= 0.6 is 11.6 Å². The van der Waals surface area contributed by atoms with Gasteiger partial charge in [-0.3, -0.25) is 4.79 Å². The van der Waals surface area contributed by atoms with Gasteiger partial charge >= 0.3 is 0 Å². The quantitative estimate of drug-likeness (QED) is 0.879. The first-order chi connectivity index (χ1) is 10.6. The fourth-order valence-electron chi connectivity index (χ4n) is 2.24. The van der Waals surface area contributed by atoms with Crippen LogP contribution in [0.5, 0.6) is 0 Å². The van der Waals surface area contributed by atoms with Crippen LogP contribution in [0.3, 0.4) is 0 Å². The Morgan fingerprint density at radius 3 is 2.55 bits per heavy atom. The van der Waals surface area contributed by atoms with Crippen molar-refractivity contribution in [2.45, 2.75) is 20.4 Å². The smallest absolute Gasteiger partial charge is 0.239 e. The van der Waals surface area contributed by atoms with Crippen LogP contribution in [0.25, 0.3) is 0 Å². The van der Waals surface area contributed by atoms with Crippen molar-refractivity contribution < 1.29 is 4.79 Å². The lowest BCUT2D eigenvalue weighted by Crippen LogP contribution is -2.37. The maximum atomic E-state index is 12.1. The number of nitrogens with one attached hydrogen (secondary N) is 1. The highest BCUT2D eigenvalue weighted by molar-refractivity contribution is 6.30. The number of halogens is 1. The number of amides is 1. The molecule has 0 saturated carbocycles. The highest BCUT2D eigenvalue weighted by Gasteiger charge is 2.09. The number of likely N-dealkylation sites (N-methyl/N-ethyl adjacent to an activating group) is 1. The minimum absolute atomic E-state index is 0.0123. The monoisotopic (exact) mass is 316 g/mol. The van der Waals surface area contributed by atoms with Gasteiger partial charge in [-0.1, -0.05) is 35.9 Å². The van der Waals surface area contributed by atoms with E-state index in [1.54, 1.807) is 0 Å². The van der Waals surface area contributed by atoms with Crippen molar-refractivity contribution in [3.05, 3.63) is 64.7 Å². The Morgan fingerprint density at radius 2 is 1.91 bits per heavy atom. The van der Waals surface area contributed by atoms with Gasteiger partial charge in [-0.25, -0.2) is 0 Å². The standard InChI is InChI=1S/C18H21ClN2O/c1-3-21(17-6-4-5-14(2)11-17)13-18(22)20-12-15-7-9-16(19)10-8-15/h4-11H,3,12-13H2,1-2H3,(H,20,22). The summed E-state index contributed by atoms with van der Waals surface area (Å²) in [5.74, 6) is 0.0123. The number of carbonyl (C=O) groups is 1. The van der Waals surface area contributed by atoms with Crippen molar-refractivity contribution in [2.75, 3.05) is 18.0 Å². The molecule has 0 bridgehead atoms. The summed E-state index contributed by atoms with van der Waals surface area (Å²) in [7, 11) is 0. The minimum atomic E-state index is 0.0123. The zero-order chi connectivity index (χ0) is 15.9. The molecule has 4 heteroatoms. The number of rotatable bonds is 6. The number of anilines is 1. The van der Waals surface area contributed by atoms with Gasteiger partial charge in [-0.05, 0) is 49.2 Å². The fraction of sp³-hybridized carbons (Fsp3) is 0.278. The van der Waals surface area contributed by atoms with Crippen molar-refractivity contribution in [3.8, 4) is 0 Å². The van der Waals surface area contributed by atoms with Crippen LogP contribution < -0.4 is 10.2 Å². The van der Waals surface area contributed by atoms with Gasteiger partial charge < -0.3 is 10.2 Å². The summed E-state index contributed by atoms with van der Waals surface area (Å²) in [6.45, 7) is 5.76. The lowest BCUT2D eigenvalue weighted by molar-refractivity contribution is -0.119. The number of hydrogen-bond donors (Lipinski definition) is 1. The molecule has 0 fully saturated rings. The summed E-state index contributed by atoms with van der Waals surface area (Å²) in [5, 5.41) is 3.64. The van der Waals surface area contributed by atoms with E-state index in [-0.39, 0.29) is 5.91 Å². The second kappa shape index (κ2) is 7.85. The number of carbonyl (C=O) groups excluding carboxylic acids is 1. The van der Waals surface area contributed by atoms with Crippen LogP contribution in [-0.2, 0) is 11.3 Å². The molecule has 116 valence electrons. The molecular formula is C18H21ClN2O. The first kappa shape index (κ1) is 16.4. The van der Waals surface area contributed by atoms with Crippen LogP contribution in [0.15, 0.2) is 48.5 Å². The maximum Gasteiger partial charge on any atom is 0.239 e. The molecular weight excluding hydrogens is 296 g/mol. The predicted octanol–water partition coefficient (Wildman–Crippen LogP) is 3.79. The fourth-order valence-corrected chi connectivity index (χ4v) is 2.37. The summed E-state index contributed by atoms with van der Waals surface area (Å²) >= 11 is 5.85. The Morgan fingerprint density at radius 1 is 1.18 bits per heavy atom. The van der Waals surface area contributed by atoms with Gasteiger partial charge in [0.05, 0.1) is 6.54 Å². The molecule has 0 atom stereocenters. The van der Waals surface area contributed by atoms with Crippen LogP contribution in [-0.4, -0.2) is 19.0 Å². The van der Waals surface area contributed by atoms with Gasteiger partial charge in [0.2, 0.25) is 5.91 Å². The van der Waals surface area contributed by atoms with Crippen LogP contribution in [0, 0.1) is 6.92 Å². The summed E-state index contributed by atoms with van der Waals surface area (Å²) < 4.78 is 0. The van der Waals surface area contributed by atoms with E-state index in [1.165, 1.54) is 5.56 Å². The van der Waals surface area contributed by atoms with Gasteiger partial charge in [0, 0.05) is 23.8 Å². The second-order valence-corrected chi connectivity index (χ2v) is 5.69. The molecule has 0 aromatic heterocycles. The van der Waals surface area contributed by atoms with E-state index in [9.17, 15) is 4.79 Å². The third-order valence-corrected chi connectivity index (χ3v) is 3.74. The zero-order valence-corrected chi connectivity index (χ0v) is 13.7. The largest absolute Gasteiger partial charge is 0.362 e. The Kier molecular flexibility index (Phi) is 5.84. The molecule has 0 saturated heterocycles. The van der Waals surface area contributed by atoms with Crippen LogP contribution in [0.2, 0.25) is 5.02 Å². The molecule has 0 unspecified atom stereocenters. The molecule has 0 aliphatic heterocycles. The lowest BCUT2D eigenvalue weighted by atomic mass is 10.2. The molecule has 3 nitrogen and oxygen atoms in total. The van der Waals surface area contributed by atoms with E-state index in [0.717, 1.165) is 17.8 Å². The van der Waals surface area contributed by atoms with Gasteiger partial charge in [-0.2, -0.15) is 0 Å². The van der Waals surface area contributed by atoms with Gasteiger partial charge in [0.25, 0.3) is 0 Å². The third kappa shape index (κ3) is 4.78. The Labute approximate surface area is 136 Å². The Balaban J connectivity index is 1.90. The van der Waals surface area contributed by atoms with Crippen LogP contribution in [0.1, 0.15) is 18.1 Å². The van der Waals surface area contributed by atoms with Gasteiger partial charge in [0.1, 0.15) is 0 Å². The number of aryl methyl sites for hydroxylation is 1. The van der Waals surface area contributed by atoms with Gasteiger partial charge in [0.15, 0.2) is 0 Å². The maximum absolute atomic E-state index is 12.1. The van der Waals surface area contributed by atoms with E-state index in [1.807, 2.05) is 36.4 Å².